The maximum atomic E-state index is 9.71. The molecule has 0 unspecified atom stereocenters. The number of phenolic OH excluding ortho intramolecular Hbond substituents is 1. The highest BCUT2D eigenvalue weighted by molar-refractivity contribution is 5.60. The van der Waals surface area contributed by atoms with E-state index in [1.165, 1.54) is 0 Å². The summed E-state index contributed by atoms with van der Waals surface area (Å²) < 4.78 is 0. The molecule has 0 bridgehead atoms. The molecule has 13 heavy (non-hydrogen) atoms. The summed E-state index contributed by atoms with van der Waals surface area (Å²) in [7, 11) is 0. The van der Waals surface area contributed by atoms with Gasteiger partial charge in [0.2, 0.25) is 0 Å². The highest BCUT2D eigenvalue weighted by atomic mass is 16.3. The van der Waals surface area contributed by atoms with E-state index < -0.39 is 0 Å². The lowest BCUT2D eigenvalue weighted by Gasteiger charge is -2.05. The quantitative estimate of drug-likeness (QED) is 0.725. The number of aromatic hydroxyl groups is 1. The van der Waals surface area contributed by atoms with Crippen molar-refractivity contribution in [1.29, 1.82) is 0 Å². The fourth-order valence-corrected chi connectivity index (χ4v) is 1.15. The average Bonchev–Trinajstić information content (AvgIpc) is 2.13. The minimum absolute atomic E-state index is 0.352. The highest BCUT2D eigenvalue weighted by Crippen LogP contribution is 2.25. The van der Waals surface area contributed by atoms with Crippen molar-refractivity contribution >= 4 is 6.08 Å². The van der Waals surface area contributed by atoms with Crippen molar-refractivity contribution in [2.75, 3.05) is 6.54 Å². The summed E-state index contributed by atoms with van der Waals surface area (Å²) in [6.45, 7) is 4.38. The maximum Gasteiger partial charge on any atom is 0.125 e. The Kier molecular flexibility index (Phi) is 3.09. The molecule has 1 aromatic carbocycles. The molecule has 0 aliphatic carbocycles. The van der Waals surface area contributed by atoms with Crippen LogP contribution in [0.1, 0.15) is 16.7 Å². The molecule has 0 heterocycles. The molecule has 70 valence electrons. The Hall–Kier alpha value is -1.28. The van der Waals surface area contributed by atoms with Crippen LogP contribution in [0.3, 0.4) is 0 Å². The van der Waals surface area contributed by atoms with E-state index in [-0.39, 0.29) is 0 Å². The molecule has 0 aromatic heterocycles. The van der Waals surface area contributed by atoms with E-state index in [1.54, 1.807) is 0 Å². The van der Waals surface area contributed by atoms with Crippen LogP contribution in [0.4, 0.5) is 0 Å². The van der Waals surface area contributed by atoms with Gasteiger partial charge >= 0.3 is 0 Å². The van der Waals surface area contributed by atoms with Gasteiger partial charge < -0.3 is 10.8 Å². The fraction of sp³-hybridized carbons (Fsp3) is 0.273. The van der Waals surface area contributed by atoms with Crippen molar-refractivity contribution < 1.29 is 5.11 Å². The number of rotatable bonds is 2. The van der Waals surface area contributed by atoms with Gasteiger partial charge in [0.1, 0.15) is 5.75 Å². The predicted molar refractivity (Wildman–Crippen MR) is 55.7 cm³/mol. The van der Waals surface area contributed by atoms with Crippen LogP contribution >= 0.6 is 0 Å². The summed E-state index contributed by atoms with van der Waals surface area (Å²) in [6, 6.07) is 3.88. The second-order valence-corrected chi connectivity index (χ2v) is 3.08. The average molecular weight is 177 g/mol. The van der Waals surface area contributed by atoms with Crippen LogP contribution in [0, 0.1) is 13.8 Å². The van der Waals surface area contributed by atoms with Crippen molar-refractivity contribution in [3.8, 4) is 5.75 Å². The molecule has 0 fully saturated rings. The van der Waals surface area contributed by atoms with Crippen molar-refractivity contribution in [1.82, 2.24) is 0 Å². The lowest BCUT2D eigenvalue weighted by atomic mass is 10.0. The van der Waals surface area contributed by atoms with E-state index in [2.05, 4.69) is 0 Å². The lowest BCUT2D eigenvalue weighted by molar-refractivity contribution is 0.469. The molecular weight excluding hydrogens is 162 g/mol. The summed E-state index contributed by atoms with van der Waals surface area (Å²) in [6.07, 6.45) is 3.66. The molecule has 0 spiro atoms. The summed E-state index contributed by atoms with van der Waals surface area (Å²) in [5.74, 6) is 0.352. The molecule has 0 aliphatic heterocycles. The van der Waals surface area contributed by atoms with Crippen LogP contribution in [0.5, 0.6) is 5.75 Å². The third-order valence-electron chi connectivity index (χ3n) is 2.17. The number of hydrogen-bond acceptors (Lipinski definition) is 2. The van der Waals surface area contributed by atoms with Crippen molar-refractivity contribution in [3.63, 3.8) is 0 Å². The second-order valence-electron chi connectivity index (χ2n) is 3.08. The Morgan fingerprint density at radius 1 is 1.38 bits per heavy atom. The molecule has 0 radical (unpaired) electrons. The molecule has 0 saturated heterocycles. The molecule has 1 rings (SSSR count). The van der Waals surface area contributed by atoms with Gasteiger partial charge in [-0.25, -0.2) is 0 Å². The van der Waals surface area contributed by atoms with Crippen LogP contribution in [0.2, 0.25) is 0 Å². The van der Waals surface area contributed by atoms with Crippen LogP contribution in [-0.4, -0.2) is 11.7 Å². The monoisotopic (exact) mass is 177 g/mol. The van der Waals surface area contributed by atoms with E-state index in [4.69, 9.17) is 5.73 Å². The van der Waals surface area contributed by atoms with E-state index >= 15 is 0 Å². The molecule has 2 nitrogen and oxygen atoms in total. The van der Waals surface area contributed by atoms with Gasteiger partial charge in [0.15, 0.2) is 0 Å². The molecule has 1 aromatic rings. The predicted octanol–water partition coefficient (Wildman–Crippen LogP) is 1.98. The zero-order valence-electron chi connectivity index (χ0n) is 8.04. The van der Waals surface area contributed by atoms with Gasteiger partial charge in [-0.3, -0.25) is 0 Å². The molecule has 0 aliphatic rings. The van der Waals surface area contributed by atoms with Crippen molar-refractivity contribution in [2.24, 2.45) is 5.73 Å². The molecule has 3 N–H and O–H groups in total. The van der Waals surface area contributed by atoms with E-state index in [9.17, 15) is 5.11 Å². The summed E-state index contributed by atoms with van der Waals surface area (Å²) in [5, 5.41) is 9.71. The largest absolute Gasteiger partial charge is 0.507 e. The Morgan fingerprint density at radius 2 is 2.08 bits per heavy atom. The molecule has 0 saturated carbocycles. The third kappa shape index (κ3) is 2.10. The smallest absolute Gasteiger partial charge is 0.125 e. The molecule has 2 heteroatoms. The normalized spacial score (nSPS) is 11.0. The summed E-state index contributed by atoms with van der Waals surface area (Å²) in [4.78, 5) is 0. The Balaban J connectivity index is 3.11. The van der Waals surface area contributed by atoms with Gasteiger partial charge in [0.05, 0.1) is 0 Å². The summed E-state index contributed by atoms with van der Waals surface area (Å²) >= 11 is 0. The van der Waals surface area contributed by atoms with Crippen molar-refractivity contribution in [2.45, 2.75) is 13.8 Å². The van der Waals surface area contributed by atoms with Gasteiger partial charge in [0, 0.05) is 12.1 Å². The Labute approximate surface area is 78.7 Å². The number of phenols is 1. The SMILES string of the molecule is Cc1ccc(/C=C/CN)c(O)c1C. The fourth-order valence-electron chi connectivity index (χ4n) is 1.15. The van der Waals surface area contributed by atoms with E-state index in [1.807, 2.05) is 38.1 Å². The minimum atomic E-state index is 0.352. The number of benzene rings is 1. The molecular formula is C11H15NO. The topological polar surface area (TPSA) is 46.2 Å². The number of aryl methyl sites for hydroxylation is 1. The lowest BCUT2D eigenvalue weighted by Crippen LogP contribution is -1.92. The maximum absolute atomic E-state index is 9.71. The van der Waals surface area contributed by atoms with Gasteiger partial charge in [-0.05, 0) is 25.0 Å². The Morgan fingerprint density at radius 3 is 2.69 bits per heavy atom. The zero-order chi connectivity index (χ0) is 9.84. The first-order valence-electron chi connectivity index (χ1n) is 4.32. The van der Waals surface area contributed by atoms with Gasteiger partial charge in [-0.15, -0.1) is 0 Å². The zero-order valence-corrected chi connectivity index (χ0v) is 8.04. The van der Waals surface area contributed by atoms with Crippen LogP contribution in [-0.2, 0) is 0 Å². The van der Waals surface area contributed by atoms with E-state index in [0.29, 0.717) is 12.3 Å². The van der Waals surface area contributed by atoms with Crippen LogP contribution < -0.4 is 5.73 Å². The molecule has 0 amide bonds. The Bertz CT molecular complexity index is 329. The third-order valence-corrected chi connectivity index (χ3v) is 2.17. The molecule has 0 atom stereocenters. The van der Waals surface area contributed by atoms with Crippen LogP contribution in [0.15, 0.2) is 18.2 Å². The van der Waals surface area contributed by atoms with Gasteiger partial charge in [0.25, 0.3) is 0 Å². The first kappa shape index (κ1) is 9.81. The van der Waals surface area contributed by atoms with Gasteiger partial charge in [-0.1, -0.05) is 24.3 Å². The first-order valence-corrected chi connectivity index (χ1v) is 4.32. The first-order chi connectivity index (χ1) is 6.16. The van der Waals surface area contributed by atoms with Gasteiger partial charge in [-0.2, -0.15) is 0 Å². The van der Waals surface area contributed by atoms with Crippen molar-refractivity contribution in [3.05, 3.63) is 34.9 Å². The summed E-state index contributed by atoms with van der Waals surface area (Å²) in [5.41, 5.74) is 8.18. The van der Waals surface area contributed by atoms with Crippen LogP contribution in [0.25, 0.3) is 6.08 Å². The minimum Gasteiger partial charge on any atom is -0.507 e. The highest BCUT2D eigenvalue weighted by Gasteiger charge is 2.02. The standard InChI is InChI=1S/C11H15NO/c1-8-5-6-10(4-3-7-12)11(13)9(8)2/h3-6,13H,7,12H2,1-2H3/b4-3+. The number of nitrogens with two attached hydrogens (primary N) is 1. The second kappa shape index (κ2) is 4.10. The number of hydrogen-bond donors (Lipinski definition) is 2. The van der Waals surface area contributed by atoms with E-state index in [0.717, 1.165) is 16.7 Å².